The summed E-state index contributed by atoms with van der Waals surface area (Å²) in [6, 6.07) is -1.35. The Labute approximate surface area is 113 Å². The average molecular weight is 326 g/mol. The number of primary amides is 1. The van der Waals surface area contributed by atoms with Crippen LogP contribution in [0.15, 0.2) is 0 Å². The summed E-state index contributed by atoms with van der Waals surface area (Å²) in [5.74, 6) is -0.601. The number of aliphatic hydroxyl groups is 1. The second-order valence-electron chi connectivity index (χ2n) is 3.60. The van der Waals surface area contributed by atoms with Gasteiger partial charge in [0.25, 0.3) is 0 Å². The summed E-state index contributed by atoms with van der Waals surface area (Å²) in [5.41, 5.74) is 10.6. The number of nitrogens with zero attached hydrogens (tertiary/aromatic N) is 1. The van der Waals surface area contributed by atoms with Crippen LogP contribution < -0.4 is 11.5 Å². The zero-order valence-corrected chi connectivity index (χ0v) is 12.1. The number of aliphatic hydroxyl groups excluding tert-OH is 1. The van der Waals surface area contributed by atoms with Crippen molar-refractivity contribution in [2.75, 3.05) is 12.8 Å². The minimum absolute atomic E-state index is 0.0297. The van der Waals surface area contributed by atoms with Gasteiger partial charge >= 0.3 is 113 Å². The number of rotatable bonds is 7. The molecule has 0 unspecified atom stereocenters. The SMILES string of the molecule is CN(C(=O)[C@@H](N)CCC(N)=O)[C@@H](CS)C(O)=[Se]. The molecule has 0 aromatic carbocycles. The zero-order valence-electron chi connectivity index (χ0n) is 9.50. The number of likely N-dealkylation sites (N-methyl/N-ethyl adjacent to an activating group) is 1. The Morgan fingerprint density at radius 2 is 2.06 bits per heavy atom. The van der Waals surface area contributed by atoms with Gasteiger partial charge in [0, 0.05) is 0 Å². The normalized spacial score (nSPS) is 13.8. The van der Waals surface area contributed by atoms with Crippen LogP contribution in [-0.2, 0) is 9.59 Å². The van der Waals surface area contributed by atoms with Gasteiger partial charge in [0.2, 0.25) is 0 Å². The maximum absolute atomic E-state index is 11.8. The van der Waals surface area contributed by atoms with E-state index >= 15 is 0 Å². The first-order chi connectivity index (χ1) is 7.81. The number of hydrogen-bond donors (Lipinski definition) is 4. The van der Waals surface area contributed by atoms with E-state index in [0.717, 1.165) is 0 Å². The Hall–Kier alpha value is -0.561. The fraction of sp³-hybridized carbons (Fsp3) is 0.667. The van der Waals surface area contributed by atoms with Crippen molar-refractivity contribution in [1.29, 1.82) is 0 Å². The van der Waals surface area contributed by atoms with E-state index in [1.807, 2.05) is 0 Å². The number of hydrogen-bond acceptors (Lipinski definition) is 5. The molecule has 0 spiro atoms. The molecule has 5 N–H and O–H groups in total. The second kappa shape index (κ2) is 7.71. The molecule has 6 nitrogen and oxygen atoms in total. The maximum atomic E-state index is 11.8. The van der Waals surface area contributed by atoms with Gasteiger partial charge in [0.15, 0.2) is 0 Å². The molecule has 0 saturated carbocycles. The van der Waals surface area contributed by atoms with Gasteiger partial charge in [-0.1, -0.05) is 0 Å². The monoisotopic (exact) mass is 327 g/mol. The fourth-order valence-corrected chi connectivity index (χ4v) is 2.40. The van der Waals surface area contributed by atoms with Crippen molar-refractivity contribution in [1.82, 2.24) is 4.90 Å². The van der Waals surface area contributed by atoms with Crippen molar-refractivity contribution < 1.29 is 14.7 Å². The summed E-state index contributed by atoms with van der Waals surface area (Å²) in [5, 5.41) is 9.33. The molecule has 8 heteroatoms. The van der Waals surface area contributed by atoms with Gasteiger partial charge < -0.3 is 0 Å². The third-order valence-electron chi connectivity index (χ3n) is 2.29. The molecule has 0 aliphatic heterocycles. The Kier molecular flexibility index (Phi) is 7.45. The van der Waals surface area contributed by atoms with E-state index in [4.69, 9.17) is 11.5 Å². The third kappa shape index (κ3) is 5.54. The van der Waals surface area contributed by atoms with E-state index in [2.05, 4.69) is 28.2 Å². The Morgan fingerprint density at radius 1 is 1.53 bits per heavy atom. The van der Waals surface area contributed by atoms with Gasteiger partial charge in [-0.15, -0.1) is 0 Å². The second-order valence-corrected chi connectivity index (χ2v) is 4.84. The molecule has 0 aliphatic carbocycles. The molecule has 0 fully saturated rings. The summed E-state index contributed by atoms with van der Waals surface area (Å²) in [6.45, 7) is 0. The zero-order chi connectivity index (χ0) is 13.6. The Morgan fingerprint density at radius 3 is 2.41 bits per heavy atom. The summed E-state index contributed by atoms with van der Waals surface area (Å²) < 4.78 is -0.0297. The molecule has 0 aliphatic rings. The van der Waals surface area contributed by atoms with Crippen molar-refractivity contribution in [2.45, 2.75) is 24.9 Å². The van der Waals surface area contributed by atoms with Gasteiger partial charge in [-0.3, -0.25) is 0 Å². The molecule has 0 saturated heterocycles. The van der Waals surface area contributed by atoms with Crippen LogP contribution >= 0.6 is 12.6 Å². The van der Waals surface area contributed by atoms with E-state index in [9.17, 15) is 14.7 Å². The van der Waals surface area contributed by atoms with Crippen LogP contribution in [0.5, 0.6) is 0 Å². The fourth-order valence-electron chi connectivity index (χ4n) is 1.20. The van der Waals surface area contributed by atoms with E-state index in [0.29, 0.717) is 0 Å². The van der Waals surface area contributed by atoms with Gasteiger partial charge in [-0.2, -0.15) is 0 Å². The first-order valence-corrected chi connectivity index (χ1v) is 6.44. The topological polar surface area (TPSA) is 110 Å². The number of carbonyl (C=O) groups excluding carboxylic acids is 2. The molecule has 0 rings (SSSR count). The van der Waals surface area contributed by atoms with Gasteiger partial charge in [-0.05, 0) is 0 Å². The van der Waals surface area contributed by atoms with Crippen molar-refractivity contribution in [3.8, 4) is 0 Å². The Bertz CT molecular complexity index is 314. The standard InChI is InChI=1S/C9H17N3O3SSe/c1-12(6(4-16)9(15)17)8(14)5(10)2-3-7(11)13/h5-6,16H,2-4,10H2,1H3,(H2,11,13)(H,15,17)/t5-,6-/m0/s1. The summed E-state index contributed by atoms with van der Waals surface area (Å²) in [6.07, 6.45) is 0.242. The van der Waals surface area contributed by atoms with Crippen LogP contribution in [0.1, 0.15) is 12.8 Å². The van der Waals surface area contributed by atoms with Crippen LogP contribution in [0.2, 0.25) is 0 Å². The predicted molar refractivity (Wildman–Crippen MR) is 69.5 cm³/mol. The van der Waals surface area contributed by atoms with Crippen molar-refractivity contribution in [3.05, 3.63) is 0 Å². The van der Waals surface area contributed by atoms with E-state index in [-0.39, 0.29) is 29.1 Å². The van der Waals surface area contributed by atoms with Crippen molar-refractivity contribution in [2.24, 2.45) is 11.5 Å². The molecule has 17 heavy (non-hydrogen) atoms. The molecular formula is C9H17N3O3SSe. The van der Waals surface area contributed by atoms with Crippen LogP contribution in [0.4, 0.5) is 0 Å². The molecule has 2 atom stereocenters. The first-order valence-electron chi connectivity index (χ1n) is 4.95. The molecule has 0 bridgehead atoms. The van der Waals surface area contributed by atoms with E-state index in [1.165, 1.54) is 11.9 Å². The molecule has 0 heterocycles. The first kappa shape index (κ1) is 16.4. The molecule has 0 aromatic heterocycles. The average Bonchev–Trinajstić information content (AvgIpc) is 2.24. The van der Waals surface area contributed by atoms with Crippen LogP contribution in [0.25, 0.3) is 0 Å². The quantitative estimate of drug-likeness (QED) is 0.321. The molecular weight excluding hydrogens is 309 g/mol. The third-order valence-corrected chi connectivity index (χ3v) is 3.21. The summed E-state index contributed by atoms with van der Waals surface area (Å²) in [7, 11) is 1.51. The van der Waals surface area contributed by atoms with Crippen molar-refractivity contribution in [3.63, 3.8) is 0 Å². The van der Waals surface area contributed by atoms with Gasteiger partial charge in [0.1, 0.15) is 0 Å². The van der Waals surface area contributed by atoms with Crippen LogP contribution in [0, 0.1) is 0 Å². The molecule has 0 radical (unpaired) electrons. The van der Waals surface area contributed by atoms with Gasteiger partial charge in [0.05, 0.1) is 0 Å². The summed E-state index contributed by atoms with van der Waals surface area (Å²) >= 11 is 6.46. The predicted octanol–water partition coefficient (Wildman–Crippen LogP) is -1.99. The van der Waals surface area contributed by atoms with Crippen molar-refractivity contribution >= 4 is 44.6 Å². The molecule has 0 aromatic rings. The molecule has 2 amide bonds. The van der Waals surface area contributed by atoms with E-state index < -0.39 is 18.0 Å². The summed E-state index contributed by atoms with van der Waals surface area (Å²) in [4.78, 5) is 23.7. The van der Waals surface area contributed by atoms with Gasteiger partial charge in [-0.25, -0.2) is 0 Å². The van der Waals surface area contributed by atoms with E-state index in [1.54, 1.807) is 0 Å². The Balaban J connectivity index is 4.46. The minimum atomic E-state index is -0.811. The molecule has 98 valence electrons. The van der Waals surface area contributed by atoms with Crippen LogP contribution in [-0.4, -0.2) is 66.9 Å². The number of amides is 2. The van der Waals surface area contributed by atoms with Crippen LogP contribution in [0.3, 0.4) is 0 Å². The number of carbonyl (C=O) groups is 2. The number of thiol groups is 1. The number of nitrogens with two attached hydrogens (primary N) is 2.